The van der Waals surface area contributed by atoms with Crippen LogP contribution in [0.25, 0.3) is 21.9 Å². The zero-order valence-corrected chi connectivity index (χ0v) is 14.3. The largest absolute Gasteiger partial charge is 0.0955 e. The zero-order chi connectivity index (χ0) is 16.1. The molecule has 2 aromatic carbocycles. The number of hydrogen-bond donors (Lipinski definition) is 0. The lowest BCUT2D eigenvalue weighted by Crippen LogP contribution is -1.93. The number of fused-ring (bicyclic) bond motifs is 1. The molecule has 0 saturated heterocycles. The highest BCUT2D eigenvalue weighted by molar-refractivity contribution is 6.02. The molecule has 0 atom stereocenters. The molecule has 116 valence electrons. The van der Waals surface area contributed by atoms with Crippen molar-refractivity contribution in [1.29, 1.82) is 0 Å². The van der Waals surface area contributed by atoms with Gasteiger partial charge in [0.25, 0.3) is 0 Å². The Balaban J connectivity index is 2.43. The van der Waals surface area contributed by atoms with Gasteiger partial charge in [0.15, 0.2) is 0 Å². The highest BCUT2D eigenvalue weighted by atomic mass is 14.1. The lowest BCUT2D eigenvalue weighted by Gasteiger charge is -2.15. The molecular weight excluding hydrogens is 264 g/mol. The molecule has 0 aliphatic carbocycles. The summed E-state index contributed by atoms with van der Waals surface area (Å²) in [5, 5.41) is 2.66. The number of allylic oxidation sites excluding steroid dienone is 2. The van der Waals surface area contributed by atoms with Crippen LogP contribution < -0.4 is 0 Å². The van der Waals surface area contributed by atoms with Gasteiger partial charge < -0.3 is 0 Å². The minimum atomic E-state index is 1.09. The minimum Gasteiger partial charge on any atom is -0.0955 e. The maximum atomic E-state index is 4.37. The van der Waals surface area contributed by atoms with Gasteiger partial charge in [-0.1, -0.05) is 75.2 Å². The fourth-order valence-corrected chi connectivity index (χ4v) is 3.10. The van der Waals surface area contributed by atoms with Crippen molar-refractivity contribution in [2.45, 2.75) is 52.9 Å². The van der Waals surface area contributed by atoms with Crippen LogP contribution in [0.4, 0.5) is 0 Å². The first kappa shape index (κ1) is 16.5. The van der Waals surface area contributed by atoms with Gasteiger partial charge in [0, 0.05) is 0 Å². The van der Waals surface area contributed by atoms with Crippen molar-refractivity contribution < 1.29 is 0 Å². The first-order valence-corrected chi connectivity index (χ1v) is 8.42. The van der Waals surface area contributed by atoms with Crippen molar-refractivity contribution in [3.63, 3.8) is 0 Å². The van der Waals surface area contributed by atoms with Gasteiger partial charge in [-0.05, 0) is 59.7 Å². The van der Waals surface area contributed by atoms with Crippen molar-refractivity contribution in [2.24, 2.45) is 0 Å². The first-order chi connectivity index (χ1) is 10.6. The number of benzene rings is 2. The van der Waals surface area contributed by atoms with Crippen molar-refractivity contribution in [2.75, 3.05) is 0 Å². The molecule has 0 amide bonds. The third-order valence-corrected chi connectivity index (χ3v) is 4.43. The summed E-state index contributed by atoms with van der Waals surface area (Å²) in [5.41, 5.74) is 6.26. The Morgan fingerprint density at radius 2 is 1.73 bits per heavy atom. The molecule has 0 bridgehead atoms. The molecule has 0 fully saturated rings. The van der Waals surface area contributed by atoms with E-state index in [1.165, 1.54) is 58.7 Å². The van der Waals surface area contributed by atoms with Crippen molar-refractivity contribution in [3.8, 4) is 0 Å². The number of aryl methyl sites for hydroxylation is 1. The molecule has 0 heterocycles. The van der Waals surface area contributed by atoms with Gasteiger partial charge in [-0.3, -0.25) is 0 Å². The van der Waals surface area contributed by atoms with E-state index < -0.39 is 0 Å². The van der Waals surface area contributed by atoms with E-state index in [0.717, 1.165) is 12.0 Å². The maximum absolute atomic E-state index is 4.37. The molecule has 0 heteroatoms. The van der Waals surface area contributed by atoms with E-state index in [1.807, 2.05) is 0 Å². The topological polar surface area (TPSA) is 0 Å². The molecule has 0 unspecified atom stereocenters. The Kier molecular flexibility index (Phi) is 5.60. The molecule has 0 N–H and O–H groups in total. The third-order valence-electron chi connectivity index (χ3n) is 4.43. The summed E-state index contributed by atoms with van der Waals surface area (Å²) >= 11 is 0. The standard InChI is InChI=1S/C22H28/c1-6-7-8-9-11-17(4)21-15-14-18(5)20-13-10-12-19(16(2)3)22(20)21/h10,12-15H,2,4,6-9,11H2,1,3,5H3. The van der Waals surface area contributed by atoms with Gasteiger partial charge in [0.05, 0.1) is 0 Å². The molecule has 0 aromatic heterocycles. The van der Waals surface area contributed by atoms with Crippen LogP contribution >= 0.6 is 0 Å². The van der Waals surface area contributed by atoms with Gasteiger partial charge in [-0.2, -0.15) is 0 Å². The Labute approximate surface area is 135 Å². The van der Waals surface area contributed by atoms with Gasteiger partial charge in [-0.15, -0.1) is 0 Å². The summed E-state index contributed by atoms with van der Waals surface area (Å²) in [7, 11) is 0. The first-order valence-electron chi connectivity index (χ1n) is 8.42. The molecule has 0 spiro atoms. The molecule has 0 saturated carbocycles. The van der Waals surface area contributed by atoms with Gasteiger partial charge in [0.2, 0.25) is 0 Å². The molecule has 2 rings (SSSR count). The molecule has 22 heavy (non-hydrogen) atoms. The normalized spacial score (nSPS) is 10.9. The van der Waals surface area contributed by atoms with E-state index in [9.17, 15) is 0 Å². The Morgan fingerprint density at radius 1 is 0.955 bits per heavy atom. The zero-order valence-electron chi connectivity index (χ0n) is 14.3. The van der Waals surface area contributed by atoms with Crippen LogP contribution in [0.15, 0.2) is 43.5 Å². The lowest BCUT2D eigenvalue weighted by molar-refractivity contribution is 0.679. The average Bonchev–Trinajstić information content (AvgIpc) is 2.51. The Hall–Kier alpha value is -1.82. The van der Waals surface area contributed by atoms with Crippen molar-refractivity contribution >= 4 is 21.9 Å². The summed E-state index contributed by atoms with van der Waals surface area (Å²) < 4.78 is 0. The van der Waals surface area contributed by atoms with Crippen LogP contribution in [0.2, 0.25) is 0 Å². The van der Waals surface area contributed by atoms with Crippen LogP contribution in [0.5, 0.6) is 0 Å². The van der Waals surface area contributed by atoms with Crippen LogP contribution in [0.1, 0.15) is 62.6 Å². The molecular formula is C22H28. The second-order valence-electron chi connectivity index (χ2n) is 6.35. The van der Waals surface area contributed by atoms with E-state index >= 15 is 0 Å². The van der Waals surface area contributed by atoms with Gasteiger partial charge in [0.1, 0.15) is 0 Å². The monoisotopic (exact) mass is 292 g/mol. The highest BCUT2D eigenvalue weighted by Crippen LogP contribution is 2.34. The molecule has 0 aliphatic heterocycles. The predicted octanol–water partition coefficient (Wildman–Crippen LogP) is 7.16. The maximum Gasteiger partial charge on any atom is -0.00312 e. The number of unbranched alkanes of at least 4 members (excludes halogenated alkanes) is 3. The average molecular weight is 292 g/mol. The third kappa shape index (κ3) is 3.50. The fraction of sp³-hybridized carbons (Fsp3) is 0.364. The quantitative estimate of drug-likeness (QED) is 0.475. The van der Waals surface area contributed by atoms with Crippen molar-refractivity contribution in [1.82, 2.24) is 0 Å². The minimum absolute atomic E-state index is 1.09. The fourth-order valence-electron chi connectivity index (χ4n) is 3.10. The second kappa shape index (κ2) is 7.45. The molecule has 0 radical (unpaired) electrons. The van der Waals surface area contributed by atoms with E-state index in [-0.39, 0.29) is 0 Å². The number of hydrogen-bond acceptors (Lipinski definition) is 0. The van der Waals surface area contributed by atoms with E-state index in [4.69, 9.17) is 0 Å². The summed E-state index contributed by atoms with van der Waals surface area (Å²) in [6.45, 7) is 15.1. The summed E-state index contributed by atoms with van der Waals surface area (Å²) in [4.78, 5) is 0. The van der Waals surface area contributed by atoms with Crippen LogP contribution in [0, 0.1) is 6.92 Å². The van der Waals surface area contributed by atoms with Crippen molar-refractivity contribution in [3.05, 3.63) is 60.2 Å². The van der Waals surface area contributed by atoms with E-state index in [2.05, 4.69) is 64.3 Å². The summed E-state index contributed by atoms with van der Waals surface area (Å²) in [5.74, 6) is 0. The lowest BCUT2D eigenvalue weighted by atomic mass is 9.89. The predicted molar refractivity (Wildman–Crippen MR) is 101 cm³/mol. The summed E-state index contributed by atoms with van der Waals surface area (Å²) in [6, 6.07) is 11.0. The number of rotatable bonds is 7. The smallest absolute Gasteiger partial charge is 0.00312 e. The van der Waals surface area contributed by atoms with Gasteiger partial charge >= 0.3 is 0 Å². The Bertz CT molecular complexity index is 688. The van der Waals surface area contributed by atoms with E-state index in [0.29, 0.717) is 0 Å². The SMILES string of the molecule is C=C(C)c1cccc2c(C)ccc(C(=C)CCCCCC)c12. The van der Waals surface area contributed by atoms with Crippen LogP contribution in [-0.4, -0.2) is 0 Å². The van der Waals surface area contributed by atoms with Gasteiger partial charge in [-0.25, -0.2) is 0 Å². The van der Waals surface area contributed by atoms with E-state index in [1.54, 1.807) is 0 Å². The Morgan fingerprint density at radius 3 is 2.41 bits per heavy atom. The summed E-state index contributed by atoms with van der Waals surface area (Å²) in [6.07, 6.45) is 6.21. The second-order valence-corrected chi connectivity index (χ2v) is 6.35. The van der Waals surface area contributed by atoms with Crippen LogP contribution in [0.3, 0.4) is 0 Å². The van der Waals surface area contributed by atoms with Crippen LogP contribution in [-0.2, 0) is 0 Å². The molecule has 2 aromatic rings. The highest BCUT2D eigenvalue weighted by Gasteiger charge is 2.11. The molecule has 0 aliphatic rings. The molecule has 0 nitrogen and oxygen atoms in total.